The van der Waals surface area contributed by atoms with E-state index in [9.17, 15) is 14.9 Å². The summed E-state index contributed by atoms with van der Waals surface area (Å²) in [6.07, 6.45) is 1.48. The summed E-state index contributed by atoms with van der Waals surface area (Å²) in [6, 6.07) is 8.93. The van der Waals surface area contributed by atoms with Crippen LogP contribution in [0, 0.1) is 11.3 Å². The number of nitrogens with zero attached hydrogens (tertiary/aromatic N) is 2. The van der Waals surface area contributed by atoms with Crippen LogP contribution >= 0.6 is 11.3 Å². The molecule has 0 unspecified atom stereocenters. The Hall–Kier alpha value is -3.18. The Morgan fingerprint density at radius 2 is 2.15 bits per heavy atom. The summed E-state index contributed by atoms with van der Waals surface area (Å²) in [5.74, 6) is -0.418. The van der Waals surface area contributed by atoms with Gasteiger partial charge in [0.15, 0.2) is 5.13 Å². The number of ether oxygens (including phenoxy) is 2. The standard InChI is InChI=1S/C18H17N3O4S/c1-3-25-16(22)9-14-11-26-18(20-14)21-17(23)13(10-19)8-12-6-4-5-7-15(12)24-2/h4-8,11H,3,9H2,1-2H3,(H,20,21,23)/b13-8+. The molecule has 0 saturated carbocycles. The summed E-state index contributed by atoms with van der Waals surface area (Å²) in [4.78, 5) is 27.9. The van der Waals surface area contributed by atoms with Gasteiger partial charge in [-0.05, 0) is 19.1 Å². The number of methoxy groups -OCH3 is 1. The molecule has 0 saturated heterocycles. The van der Waals surface area contributed by atoms with E-state index in [2.05, 4.69) is 10.3 Å². The fraction of sp³-hybridized carbons (Fsp3) is 0.222. The lowest BCUT2D eigenvalue weighted by Crippen LogP contribution is -2.13. The van der Waals surface area contributed by atoms with Crippen LogP contribution in [0.2, 0.25) is 0 Å². The molecule has 0 aliphatic rings. The van der Waals surface area contributed by atoms with E-state index in [4.69, 9.17) is 9.47 Å². The Morgan fingerprint density at radius 1 is 1.38 bits per heavy atom. The van der Waals surface area contributed by atoms with E-state index in [1.807, 2.05) is 6.07 Å². The van der Waals surface area contributed by atoms with Crippen LogP contribution in [0.4, 0.5) is 5.13 Å². The molecule has 134 valence electrons. The first kappa shape index (κ1) is 19.1. The van der Waals surface area contributed by atoms with Gasteiger partial charge < -0.3 is 9.47 Å². The van der Waals surface area contributed by atoms with Crippen molar-refractivity contribution in [3.05, 3.63) is 46.5 Å². The van der Waals surface area contributed by atoms with E-state index < -0.39 is 5.91 Å². The third kappa shape index (κ3) is 5.16. The molecule has 1 aromatic heterocycles. The first-order valence-electron chi connectivity index (χ1n) is 7.73. The highest BCUT2D eigenvalue weighted by atomic mass is 32.1. The largest absolute Gasteiger partial charge is 0.496 e. The molecule has 0 fully saturated rings. The number of amides is 1. The Balaban J connectivity index is 2.10. The average Bonchev–Trinajstić information content (AvgIpc) is 3.06. The van der Waals surface area contributed by atoms with Crippen molar-refractivity contribution in [2.75, 3.05) is 19.0 Å². The van der Waals surface area contributed by atoms with Gasteiger partial charge in [-0.15, -0.1) is 11.3 Å². The van der Waals surface area contributed by atoms with Gasteiger partial charge in [0.2, 0.25) is 0 Å². The fourth-order valence-corrected chi connectivity index (χ4v) is 2.76. The first-order valence-corrected chi connectivity index (χ1v) is 8.61. The number of carbonyl (C=O) groups excluding carboxylic acids is 2. The van der Waals surface area contributed by atoms with Crippen LogP contribution in [-0.2, 0) is 20.7 Å². The van der Waals surface area contributed by atoms with Gasteiger partial charge in [0.25, 0.3) is 5.91 Å². The molecule has 0 bridgehead atoms. The number of thiazole rings is 1. The summed E-state index contributed by atoms with van der Waals surface area (Å²) in [6.45, 7) is 2.02. The third-order valence-corrected chi connectivity index (χ3v) is 4.01. The lowest BCUT2D eigenvalue weighted by Gasteiger charge is -2.05. The predicted molar refractivity (Wildman–Crippen MR) is 97.7 cm³/mol. The number of esters is 1. The zero-order valence-electron chi connectivity index (χ0n) is 14.3. The average molecular weight is 371 g/mol. The molecule has 1 heterocycles. The van der Waals surface area contributed by atoms with Crippen molar-refractivity contribution in [1.29, 1.82) is 5.26 Å². The second-order valence-electron chi connectivity index (χ2n) is 4.99. The highest BCUT2D eigenvalue weighted by Crippen LogP contribution is 2.21. The van der Waals surface area contributed by atoms with Gasteiger partial charge in [-0.2, -0.15) is 5.26 Å². The van der Waals surface area contributed by atoms with Crippen LogP contribution in [0.1, 0.15) is 18.2 Å². The molecule has 0 spiro atoms. The van der Waals surface area contributed by atoms with Gasteiger partial charge in [-0.1, -0.05) is 18.2 Å². The molecular formula is C18H17N3O4S. The lowest BCUT2D eigenvalue weighted by molar-refractivity contribution is -0.142. The van der Waals surface area contributed by atoms with Crippen LogP contribution in [0.5, 0.6) is 5.75 Å². The van der Waals surface area contributed by atoms with Crippen molar-refractivity contribution in [2.24, 2.45) is 0 Å². The molecule has 1 aromatic carbocycles. The molecule has 2 aromatic rings. The van der Waals surface area contributed by atoms with Crippen LogP contribution < -0.4 is 10.1 Å². The highest BCUT2D eigenvalue weighted by molar-refractivity contribution is 7.14. The summed E-state index contributed by atoms with van der Waals surface area (Å²) in [5.41, 5.74) is 1.02. The topological polar surface area (TPSA) is 101 Å². The number of nitriles is 1. The van der Waals surface area contributed by atoms with Gasteiger partial charge >= 0.3 is 5.97 Å². The molecule has 0 atom stereocenters. The second-order valence-corrected chi connectivity index (χ2v) is 5.85. The number of nitrogens with one attached hydrogen (secondary N) is 1. The fourth-order valence-electron chi connectivity index (χ4n) is 2.06. The maximum atomic E-state index is 12.3. The smallest absolute Gasteiger partial charge is 0.311 e. The Bertz CT molecular complexity index is 867. The normalized spacial score (nSPS) is 10.7. The molecule has 2 rings (SSSR count). The number of rotatable bonds is 7. The molecule has 8 heteroatoms. The number of aromatic nitrogens is 1. The molecule has 0 aliphatic heterocycles. The van der Waals surface area contributed by atoms with E-state index in [1.165, 1.54) is 24.5 Å². The minimum atomic E-state index is -0.588. The second kappa shape index (κ2) is 9.34. The van der Waals surface area contributed by atoms with Crippen LogP contribution in [0.25, 0.3) is 6.08 Å². The summed E-state index contributed by atoms with van der Waals surface area (Å²) in [7, 11) is 1.51. The summed E-state index contributed by atoms with van der Waals surface area (Å²) < 4.78 is 10.1. The van der Waals surface area contributed by atoms with E-state index in [0.717, 1.165) is 0 Å². The molecular weight excluding hydrogens is 354 g/mol. The molecule has 0 radical (unpaired) electrons. The van der Waals surface area contributed by atoms with Crippen LogP contribution in [-0.4, -0.2) is 30.6 Å². The summed E-state index contributed by atoms with van der Waals surface area (Å²) >= 11 is 1.17. The lowest BCUT2D eigenvalue weighted by atomic mass is 10.1. The Kier molecular flexibility index (Phi) is 6.88. The Labute approximate surface area is 154 Å². The first-order chi connectivity index (χ1) is 12.6. The number of anilines is 1. The van der Waals surface area contributed by atoms with Crippen molar-refractivity contribution in [3.63, 3.8) is 0 Å². The predicted octanol–water partition coefficient (Wildman–Crippen LogP) is 2.80. The van der Waals surface area contributed by atoms with Crippen molar-refractivity contribution in [1.82, 2.24) is 4.98 Å². The Morgan fingerprint density at radius 3 is 2.85 bits per heavy atom. The SMILES string of the molecule is CCOC(=O)Cc1csc(NC(=O)/C(C#N)=C/c2ccccc2OC)n1. The van der Waals surface area contributed by atoms with Crippen LogP contribution in [0.3, 0.4) is 0 Å². The number of para-hydroxylation sites is 1. The van der Waals surface area contributed by atoms with Crippen molar-refractivity contribution in [3.8, 4) is 11.8 Å². The van der Waals surface area contributed by atoms with Gasteiger partial charge in [0.05, 0.1) is 25.8 Å². The number of benzene rings is 1. The van der Waals surface area contributed by atoms with E-state index in [0.29, 0.717) is 28.7 Å². The van der Waals surface area contributed by atoms with Crippen molar-refractivity contribution >= 4 is 34.4 Å². The maximum Gasteiger partial charge on any atom is 0.311 e. The van der Waals surface area contributed by atoms with Crippen molar-refractivity contribution < 1.29 is 19.1 Å². The third-order valence-electron chi connectivity index (χ3n) is 3.21. The number of carbonyl (C=O) groups is 2. The van der Waals surface area contributed by atoms with Gasteiger partial charge in [-0.25, -0.2) is 4.98 Å². The van der Waals surface area contributed by atoms with Gasteiger partial charge in [0, 0.05) is 10.9 Å². The van der Waals surface area contributed by atoms with Crippen molar-refractivity contribution in [2.45, 2.75) is 13.3 Å². The minimum Gasteiger partial charge on any atom is -0.496 e. The zero-order valence-corrected chi connectivity index (χ0v) is 15.1. The monoisotopic (exact) mass is 371 g/mol. The van der Waals surface area contributed by atoms with E-state index >= 15 is 0 Å². The minimum absolute atomic E-state index is 0.0301. The van der Waals surface area contributed by atoms with Crippen LogP contribution in [0.15, 0.2) is 35.2 Å². The summed E-state index contributed by atoms with van der Waals surface area (Å²) in [5, 5.41) is 13.8. The quantitative estimate of drug-likeness (QED) is 0.456. The van der Waals surface area contributed by atoms with Gasteiger partial charge in [-0.3, -0.25) is 14.9 Å². The highest BCUT2D eigenvalue weighted by Gasteiger charge is 2.14. The maximum absolute atomic E-state index is 12.3. The molecule has 1 N–H and O–H groups in total. The number of hydrogen-bond donors (Lipinski definition) is 1. The molecule has 7 nitrogen and oxygen atoms in total. The molecule has 26 heavy (non-hydrogen) atoms. The number of hydrogen-bond acceptors (Lipinski definition) is 7. The molecule has 1 amide bonds. The molecule has 0 aliphatic carbocycles. The van der Waals surface area contributed by atoms with Gasteiger partial charge in [0.1, 0.15) is 17.4 Å². The van der Waals surface area contributed by atoms with E-state index in [-0.39, 0.29) is 18.0 Å². The zero-order chi connectivity index (χ0) is 18.9. The van der Waals surface area contributed by atoms with E-state index in [1.54, 1.807) is 36.6 Å².